The Kier molecular flexibility index (Phi) is 28.9. The number of benzene rings is 7. The SMILES string of the molecule is CC(=O)Oc1ccc(C2(c3ccc(OC(=O)Oc4ccc(C(C)(C)CC(C)(C)C)cc4)cc3)CCCCC2)cc1.COC(=O)NCCCCCCNC(=O)OCCCC(C)(c1ccc(OC)cc1)c1ccc(OC)cc1.COc1ccc(C2(c3ccc(OC)cc3)CCCCC2)cc1. The highest BCUT2D eigenvalue weighted by Gasteiger charge is 2.38. The Morgan fingerprint density at radius 2 is 0.714 bits per heavy atom. The number of unbranched alkanes of at least 4 members (excludes halogenated alkanes) is 3. The topological polar surface area (TPSA) is 175 Å². The van der Waals surface area contributed by atoms with Crippen LogP contribution in [-0.4, -0.2) is 79.6 Å². The van der Waals surface area contributed by atoms with Crippen molar-refractivity contribution in [2.45, 2.75) is 179 Å². The summed E-state index contributed by atoms with van der Waals surface area (Å²) in [5.41, 5.74) is 8.69. The molecule has 2 N–H and O–H groups in total. The molecule has 7 aromatic rings. The Morgan fingerprint density at radius 1 is 0.388 bits per heavy atom. The summed E-state index contributed by atoms with van der Waals surface area (Å²) in [5, 5.41) is 5.46. The van der Waals surface area contributed by atoms with Crippen LogP contribution in [0, 0.1) is 5.41 Å². The zero-order chi connectivity index (χ0) is 70.6. The Morgan fingerprint density at radius 3 is 1.06 bits per heavy atom. The Balaban J connectivity index is 0.000000215. The van der Waals surface area contributed by atoms with E-state index in [1.54, 1.807) is 28.4 Å². The zero-order valence-corrected chi connectivity index (χ0v) is 60.1. The van der Waals surface area contributed by atoms with Gasteiger partial charge in [0.25, 0.3) is 0 Å². The van der Waals surface area contributed by atoms with Crippen molar-refractivity contribution in [3.8, 4) is 40.2 Å². The minimum Gasteiger partial charge on any atom is -0.497 e. The van der Waals surface area contributed by atoms with Crippen molar-refractivity contribution in [2.75, 3.05) is 55.2 Å². The average molecular weight is 1340 g/mol. The molecule has 2 fully saturated rings. The van der Waals surface area contributed by atoms with Crippen LogP contribution in [0.15, 0.2) is 170 Å². The lowest BCUT2D eigenvalue weighted by atomic mass is 9.65. The summed E-state index contributed by atoms with van der Waals surface area (Å²) in [4.78, 5) is 46.9. The summed E-state index contributed by atoms with van der Waals surface area (Å²) < 4.78 is 47.4. The van der Waals surface area contributed by atoms with Gasteiger partial charge in [0.1, 0.15) is 40.2 Å². The molecule has 0 saturated heterocycles. The van der Waals surface area contributed by atoms with Gasteiger partial charge in [0, 0.05) is 36.3 Å². The van der Waals surface area contributed by atoms with E-state index in [0.717, 1.165) is 93.6 Å². The van der Waals surface area contributed by atoms with Gasteiger partial charge < -0.3 is 53.3 Å². The lowest BCUT2D eigenvalue weighted by molar-refractivity contribution is -0.131. The molecular formula is C83H106N2O13. The van der Waals surface area contributed by atoms with Crippen LogP contribution in [0.5, 0.6) is 40.2 Å². The number of hydrogen-bond donors (Lipinski definition) is 2. The predicted octanol–water partition coefficient (Wildman–Crippen LogP) is 19.5. The molecule has 15 heteroatoms. The summed E-state index contributed by atoms with van der Waals surface area (Å²) in [6.45, 7) is 16.3. The number of nitrogens with one attached hydrogen (secondary N) is 2. The molecule has 0 bridgehead atoms. The fraction of sp³-hybridized carbons (Fsp3) is 0.446. The monoisotopic (exact) mass is 1340 g/mol. The van der Waals surface area contributed by atoms with Gasteiger partial charge in [0.2, 0.25) is 0 Å². The van der Waals surface area contributed by atoms with E-state index in [1.165, 1.54) is 91.5 Å². The van der Waals surface area contributed by atoms with Crippen LogP contribution in [0.4, 0.5) is 14.4 Å². The van der Waals surface area contributed by atoms with E-state index in [4.69, 9.17) is 37.9 Å². The van der Waals surface area contributed by atoms with E-state index in [0.29, 0.717) is 36.9 Å². The molecule has 0 unspecified atom stereocenters. The van der Waals surface area contributed by atoms with Crippen molar-refractivity contribution in [3.05, 3.63) is 209 Å². The van der Waals surface area contributed by atoms with E-state index < -0.39 is 18.3 Å². The summed E-state index contributed by atoms with van der Waals surface area (Å²) in [5.74, 6) is 4.58. The number of amides is 2. The maximum Gasteiger partial charge on any atom is 0.519 e. The third kappa shape index (κ3) is 22.3. The molecule has 2 aliphatic rings. The largest absolute Gasteiger partial charge is 0.519 e. The Bertz CT molecular complexity index is 3430. The first kappa shape index (κ1) is 76.4. The molecular weight excluding hydrogens is 1230 g/mol. The molecule has 0 aromatic heterocycles. The number of methoxy groups -OCH3 is 5. The minimum atomic E-state index is -0.761. The highest BCUT2D eigenvalue weighted by atomic mass is 16.7. The van der Waals surface area contributed by atoms with Crippen LogP contribution in [0.2, 0.25) is 0 Å². The summed E-state index contributed by atoms with van der Waals surface area (Å²) in [7, 11) is 8.10. The molecule has 2 saturated carbocycles. The highest BCUT2D eigenvalue weighted by molar-refractivity contribution is 5.70. The van der Waals surface area contributed by atoms with Crippen LogP contribution in [-0.2, 0) is 35.9 Å². The van der Waals surface area contributed by atoms with E-state index in [2.05, 4.69) is 142 Å². The van der Waals surface area contributed by atoms with Crippen LogP contribution in [0.25, 0.3) is 0 Å². The molecule has 9 rings (SSSR count). The second kappa shape index (κ2) is 37.1. The smallest absolute Gasteiger partial charge is 0.497 e. The number of ether oxygens (including phenoxy) is 9. The second-order valence-corrected chi connectivity index (χ2v) is 27.8. The standard InChI is InChI=1S/C35H42O5.C28H40N2O6.C20H24O2/c1-25(36)38-29-18-12-27(13-19-29)35(22-8-7-9-23-35)28-14-20-31(21-15-28)40-32(37)39-30-16-10-26(11-17-30)34(5,6)24-33(2,3)4;1-28(22-10-14-24(33-2)15-11-22,23-12-16-25(34-3)17-13-23)18-9-21-36-27(32)30-20-8-6-5-7-19-29-26(31)35-4;1-21-18-10-6-16(7-11-18)20(14-4-3-5-15-20)17-8-12-19(22-2)13-9-17/h10-21H,7-9,22-24H2,1-6H3;10-17H,5-9,18-21H2,1-4H3,(H,29,31)(H,30,32);6-13H,3-5,14-15H2,1-2H3. The van der Waals surface area contributed by atoms with Gasteiger partial charge in [-0.1, -0.05) is 178 Å². The number of alkyl carbamates (subject to hydrolysis) is 2. The van der Waals surface area contributed by atoms with Gasteiger partial charge in [0.05, 0.1) is 42.2 Å². The van der Waals surface area contributed by atoms with E-state index in [-0.39, 0.29) is 33.0 Å². The highest BCUT2D eigenvalue weighted by Crippen LogP contribution is 2.48. The van der Waals surface area contributed by atoms with E-state index >= 15 is 0 Å². The molecule has 0 heterocycles. The van der Waals surface area contributed by atoms with Crippen molar-refractivity contribution in [1.82, 2.24) is 10.6 Å². The first-order valence-electron chi connectivity index (χ1n) is 34.8. The maximum atomic E-state index is 12.6. The van der Waals surface area contributed by atoms with Gasteiger partial charge in [-0.3, -0.25) is 4.79 Å². The number of rotatable bonds is 26. The molecule has 2 amide bonds. The van der Waals surface area contributed by atoms with Gasteiger partial charge in [-0.05, 0) is 192 Å². The molecule has 2 aliphatic carbocycles. The number of carbonyl (C=O) groups is 4. The normalized spacial score (nSPS) is 14.0. The van der Waals surface area contributed by atoms with E-state index in [1.807, 2.05) is 84.9 Å². The molecule has 98 heavy (non-hydrogen) atoms. The molecule has 0 radical (unpaired) electrons. The fourth-order valence-electron chi connectivity index (χ4n) is 14.2. The summed E-state index contributed by atoms with van der Waals surface area (Å²) >= 11 is 0. The van der Waals surface area contributed by atoms with Gasteiger partial charge in [-0.25, -0.2) is 14.4 Å². The van der Waals surface area contributed by atoms with Crippen LogP contribution < -0.4 is 43.8 Å². The van der Waals surface area contributed by atoms with Crippen molar-refractivity contribution < 1.29 is 61.8 Å². The van der Waals surface area contributed by atoms with Crippen molar-refractivity contribution in [3.63, 3.8) is 0 Å². The summed E-state index contributed by atoms with van der Waals surface area (Å²) in [6.07, 6.45) is 16.6. The predicted molar refractivity (Wildman–Crippen MR) is 388 cm³/mol. The molecule has 0 aliphatic heterocycles. The minimum absolute atomic E-state index is 0.0130. The van der Waals surface area contributed by atoms with Gasteiger partial charge in [0.15, 0.2) is 0 Å². The van der Waals surface area contributed by atoms with Gasteiger partial charge >= 0.3 is 24.3 Å². The second-order valence-electron chi connectivity index (χ2n) is 27.8. The third-order valence-corrected chi connectivity index (χ3v) is 19.1. The van der Waals surface area contributed by atoms with Crippen LogP contribution in [0.1, 0.15) is 197 Å². The fourth-order valence-corrected chi connectivity index (χ4v) is 14.2. The summed E-state index contributed by atoms with van der Waals surface area (Å²) in [6, 6.07) is 56.7. The third-order valence-electron chi connectivity index (χ3n) is 19.1. The lowest BCUT2D eigenvalue weighted by Gasteiger charge is -2.38. The molecule has 0 spiro atoms. The molecule has 15 nitrogen and oxygen atoms in total. The van der Waals surface area contributed by atoms with Gasteiger partial charge in [-0.15, -0.1) is 0 Å². The quantitative estimate of drug-likeness (QED) is 0.0227. The average Bonchev–Trinajstić information content (AvgIpc) is 0.799. The first-order valence-corrected chi connectivity index (χ1v) is 34.8. The van der Waals surface area contributed by atoms with Gasteiger partial charge in [-0.2, -0.15) is 0 Å². The first-order chi connectivity index (χ1) is 47.1. The van der Waals surface area contributed by atoms with E-state index in [9.17, 15) is 19.2 Å². The lowest BCUT2D eigenvalue weighted by Crippen LogP contribution is -2.30. The van der Waals surface area contributed by atoms with Crippen LogP contribution in [0.3, 0.4) is 0 Å². The number of esters is 1. The van der Waals surface area contributed by atoms with Crippen molar-refractivity contribution in [2.24, 2.45) is 5.41 Å². The van der Waals surface area contributed by atoms with Crippen molar-refractivity contribution >= 4 is 24.3 Å². The Labute approximate surface area is 583 Å². The van der Waals surface area contributed by atoms with Crippen molar-refractivity contribution in [1.29, 1.82) is 0 Å². The number of hydrogen-bond acceptors (Lipinski definition) is 13. The zero-order valence-electron chi connectivity index (χ0n) is 60.1. The van der Waals surface area contributed by atoms with Crippen LogP contribution >= 0.6 is 0 Å². The number of carbonyl (C=O) groups excluding carboxylic acids is 4. The molecule has 526 valence electrons. The molecule has 7 aromatic carbocycles. The Hall–Kier alpha value is -8.98. The molecule has 0 atom stereocenters. The maximum absolute atomic E-state index is 12.6.